The van der Waals surface area contributed by atoms with Crippen LogP contribution in [0.25, 0.3) is 0 Å². The lowest BCUT2D eigenvalue weighted by molar-refractivity contribution is -0.200. The van der Waals surface area contributed by atoms with Gasteiger partial charge in [-0.2, -0.15) is 0 Å². The summed E-state index contributed by atoms with van der Waals surface area (Å²) < 4.78 is 44.6. The van der Waals surface area contributed by atoms with Gasteiger partial charge < -0.3 is 29.7 Å². The van der Waals surface area contributed by atoms with Crippen molar-refractivity contribution in [1.82, 2.24) is 5.32 Å². The molecule has 1 fully saturated rings. The van der Waals surface area contributed by atoms with Gasteiger partial charge in [-0.3, -0.25) is 4.79 Å². The van der Waals surface area contributed by atoms with Crippen LogP contribution in [0.4, 0.5) is 8.78 Å². The molecule has 0 radical (unpaired) electrons. The summed E-state index contributed by atoms with van der Waals surface area (Å²) >= 11 is 0. The number of carbonyl (C=O) groups is 1. The van der Waals surface area contributed by atoms with Crippen LogP contribution in [0, 0.1) is 11.6 Å². The molecule has 1 saturated carbocycles. The molecule has 1 amide bonds. The highest BCUT2D eigenvalue weighted by atomic mass is 19.2. The maximum absolute atomic E-state index is 14.1. The second kappa shape index (κ2) is 11.2. The number of hydrogen-bond acceptors (Lipinski definition) is 6. The molecule has 1 aliphatic carbocycles. The molecule has 9 heteroatoms. The van der Waals surface area contributed by atoms with Crippen LogP contribution >= 0.6 is 0 Å². The van der Waals surface area contributed by atoms with Gasteiger partial charge in [0.25, 0.3) is 5.91 Å². The molecule has 7 nitrogen and oxygen atoms in total. The van der Waals surface area contributed by atoms with E-state index >= 15 is 0 Å². The lowest BCUT2D eigenvalue weighted by atomic mass is 9.78. The third kappa shape index (κ3) is 6.09. The van der Waals surface area contributed by atoms with Crippen LogP contribution in [0.1, 0.15) is 37.8 Å². The summed E-state index contributed by atoms with van der Waals surface area (Å²) in [6.07, 6.45) is -3.98. The fraction of sp³-hybridized carbons (Fsp3) is 0.480. The van der Waals surface area contributed by atoms with E-state index in [-0.39, 0.29) is 37.7 Å². The van der Waals surface area contributed by atoms with Gasteiger partial charge in [-0.25, -0.2) is 8.78 Å². The molecule has 0 unspecified atom stereocenters. The Morgan fingerprint density at radius 1 is 1.15 bits per heavy atom. The summed E-state index contributed by atoms with van der Waals surface area (Å²) in [5, 5.41) is 24.0. The number of halogens is 2. The Labute approximate surface area is 197 Å². The lowest BCUT2D eigenvalue weighted by Crippen LogP contribution is -2.61. The zero-order valence-electron chi connectivity index (χ0n) is 19.5. The SMILES string of the molecule is COc1cccc(CO[C@@]2(C(=O)NC(C)C)C[C@@H](O)[C@@H](O)[C@@H](OCc3cccc(F)c3F)C2)c1. The van der Waals surface area contributed by atoms with E-state index in [9.17, 15) is 23.8 Å². The van der Waals surface area contributed by atoms with Crippen molar-refractivity contribution in [3.05, 3.63) is 65.2 Å². The summed E-state index contributed by atoms with van der Waals surface area (Å²) in [5.41, 5.74) is -0.810. The first kappa shape index (κ1) is 26.0. The topological polar surface area (TPSA) is 97.3 Å². The van der Waals surface area contributed by atoms with Crippen molar-refractivity contribution in [3.63, 3.8) is 0 Å². The summed E-state index contributed by atoms with van der Waals surface area (Å²) in [4.78, 5) is 13.2. The highest BCUT2D eigenvalue weighted by Crippen LogP contribution is 2.36. The summed E-state index contributed by atoms with van der Waals surface area (Å²) in [7, 11) is 1.54. The minimum atomic E-state index is -1.52. The molecular weight excluding hydrogens is 448 g/mol. The van der Waals surface area contributed by atoms with E-state index in [0.29, 0.717) is 5.75 Å². The van der Waals surface area contributed by atoms with Crippen molar-refractivity contribution in [3.8, 4) is 5.75 Å². The van der Waals surface area contributed by atoms with Crippen LogP contribution in [0.15, 0.2) is 42.5 Å². The maximum atomic E-state index is 14.1. The molecule has 2 aromatic rings. The summed E-state index contributed by atoms with van der Waals surface area (Å²) in [6, 6.07) is 10.6. The number of amides is 1. The molecule has 3 rings (SSSR count). The number of carbonyl (C=O) groups excluding carboxylic acids is 1. The molecule has 186 valence electrons. The third-order valence-electron chi connectivity index (χ3n) is 5.81. The van der Waals surface area contributed by atoms with Crippen molar-refractivity contribution in [1.29, 1.82) is 0 Å². The first-order valence-electron chi connectivity index (χ1n) is 11.1. The van der Waals surface area contributed by atoms with Gasteiger partial charge in [0, 0.05) is 24.4 Å². The summed E-state index contributed by atoms with van der Waals surface area (Å²) in [6.45, 7) is 3.28. The molecule has 0 aromatic heterocycles. The second-order valence-electron chi connectivity index (χ2n) is 8.79. The quantitative estimate of drug-likeness (QED) is 0.512. The molecule has 0 aliphatic heterocycles. The Morgan fingerprint density at radius 2 is 1.88 bits per heavy atom. The van der Waals surface area contributed by atoms with Crippen molar-refractivity contribution in [2.24, 2.45) is 0 Å². The van der Waals surface area contributed by atoms with Crippen molar-refractivity contribution in [2.75, 3.05) is 7.11 Å². The molecule has 2 aromatic carbocycles. The predicted molar refractivity (Wildman–Crippen MR) is 120 cm³/mol. The lowest BCUT2D eigenvalue weighted by Gasteiger charge is -2.44. The van der Waals surface area contributed by atoms with Gasteiger partial charge in [0.05, 0.1) is 32.5 Å². The highest BCUT2D eigenvalue weighted by molar-refractivity contribution is 5.85. The van der Waals surface area contributed by atoms with Crippen LogP contribution in [-0.4, -0.2) is 53.2 Å². The Kier molecular flexibility index (Phi) is 8.59. The Morgan fingerprint density at radius 3 is 2.59 bits per heavy atom. The van der Waals surface area contributed by atoms with Crippen molar-refractivity contribution >= 4 is 5.91 Å². The molecule has 4 atom stereocenters. The Bertz CT molecular complexity index is 988. The second-order valence-corrected chi connectivity index (χ2v) is 8.79. The van der Waals surface area contributed by atoms with E-state index in [1.54, 1.807) is 39.2 Å². The van der Waals surface area contributed by atoms with Gasteiger partial charge in [-0.15, -0.1) is 0 Å². The van der Waals surface area contributed by atoms with E-state index in [1.165, 1.54) is 12.1 Å². The zero-order chi connectivity index (χ0) is 24.9. The van der Waals surface area contributed by atoms with E-state index in [0.717, 1.165) is 11.6 Å². The van der Waals surface area contributed by atoms with Crippen molar-refractivity contribution < 1.29 is 38.0 Å². The van der Waals surface area contributed by atoms with E-state index in [4.69, 9.17) is 14.2 Å². The molecule has 0 spiro atoms. The Balaban J connectivity index is 1.83. The number of aliphatic hydroxyl groups is 2. The van der Waals surface area contributed by atoms with Crippen LogP contribution in [0.5, 0.6) is 5.75 Å². The first-order chi connectivity index (χ1) is 16.1. The highest BCUT2D eigenvalue weighted by Gasteiger charge is 2.51. The van der Waals surface area contributed by atoms with Crippen LogP contribution in [0.2, 0.25) is 0 Å². The molecule has 0 bridgehead atoms. The van der Waals surface area contributed by atoms with Crippen LogP contribution in [-0.2, 0) is 27.5 Å². The van der Waals surface area contributed by atoms with Gasteiger partial charge in [0.15, 0.2) is 17.2 Å². The van der Waals surface area contributed by atoms with Gasteiger partial charge in [-0.1, -0.05) is 24.3 Å². The smallest absolute Gasteiger partial charge is 0.252 e. The molecule has 34 heavy (non-hydrogen) atoms. The summed E-state index contributed by atoms with van der Waals surface area (Å²) in [5.74, 6) is -1.90. The largest absolute Gasteiger partial charge is 0.497 e. The number of nitrogens with one attached hydrogen (secondary N) is 1. The first-order valence-corrected chi connectivity index (χ1v) is 11.1. The van der Waals surface area contributed by atoms with E-state index < -0.39 is 41.5 Å². The monoisotopic (exact) mass is 479 g/mol. The number of benzene rings is 2. The van der Waals surface area contributed by atoms with Crippen LogP contribution < -0.4 is 10.1 Å². The minimum absolute atomic E-state index is 0.0385. The van der Waals surface area contributed by atoms with E-state index in [1.807, 2.05) is 6.07 Å². The fourth-order valence-electron chi connectivity index (χ4n) is 4.00. The Hall–Kier alpha value is -2.59. The van der Waals surface area contributed by atoms with Gasteiger partial charge >= 0.3 is 0 Å². The predicted octanol–water partition coefficient (Wildman–Crippen LogP) is 2.85. The fourth-order valence-corrected chi connectivity index (χ4v) is 4.00. The number of ether oxygens (including phenoxy) is 3. The van der Waals surface area contributed by atoms with Gasteiger partial charge in [0.2, 0.25) is 0 Å². The van der Waals surface area contributed by atoms with Crippen LogP contribution in [0.3, 0.4) is 0 Å². The van der Waals surface area contributed by atoms with E-state index in [2.05, 4.69) is 5.32 Å². The van der Waals surface area contributed by atoms with Gasteiger partial charge in [-0.05, 0) is 37.6 Å². The molecule has 1 aliphatic rings. The normalized spacial score (nSPS) is 24.8. The number of methoxy groups -OCH3 is 1. The van der Waals surface area contributed by atoms with Crippen molar-refractivity contribution in [2.45, 2.75) is 69.9 Å². The zero-order valence-corrected chi connectivity index (χ0v) is 19.5. The average molecular weight is 480 g/mol. The third-order valence-corrected chi connectivity index (χ3v) is 5.81. The maximum Gasteiger partial charge on any atom is 0.252 e. The molecule has 0 saturated heterocycles. The number of aliphatic hydroxyl groups excluding tert-OH is 2. The molecule has 3 N–H and O–H groups in total. The number of rotatable bonds is 9. The van der Waals surface area contributed by atoms with Gasteiger partial charge in [0.1, 0.15) is 11.9 Å². The minimum Gasteiger partial charge on any atom is -0.497 e. The molecule has 0 heterocycles. The average Bonchev–Trinajstić information content (AvgIpc) is 2.81. The standard InChI is InChI=1S/C25H31F2NO6/c1-15(2)28-24(31)25(34-13-16-6-4-8-18(10-16)32-3)11-20(29)23(30)21(12-25)33-14-17-7-5-9-19(26)22(17)27/h4-10,15,20-21,23,29-30H,11-14H2,1-3H3,(H,28,31)/t20-,21+,23-,25+/m1/s1. The molecular formula is C25H31F2NO6. The number of hydrogen-bond donors (Lipinski definition) is 3.